The van der Waals surface area contributed by atoms with E-state index in [4.69, 9.17) is 9.47 Å². The first-order chi connectivity index (χ1) is 23.3. The van der Waals surface area contributed by atoms with Crippen LogP contribution in [0.25, 0.3) is 0 Å². The third-order valence-corrected chi connectivity index (χ3v) is 10.2. The van der Waals surface area contributed by atoms with Gasteiger partial charge in [0.1, 0.15) is 24.8 Å². The zero-order valence-corrected chi connectivity index (χ0v) is 30.0. The molecule has 0 aliphatic carbocycles. The van der Waals surface area contributed by atoms with Crippen LogP contribution in [-0.4, -0.2) is 52.6 Å². The van der Waals surface area contributed by atoms with Crippen molar-refractivity contribution in [3.05, 3.63) is 142 Å². The fourth-order valence-corrected chi connectivity index (χ4v) is 6.91. The number of hydrogen-bond donors (Lipinski definition) is 0. The van der Waals surface area contributed by atoms with E-state index in [1.165, 1.54) is 11.9 Å². The molecule has 4 rings (SSSR count). The van der Waals surface area contributed by atoms with E-state index >= 15 is 0 Å². The van der Waals surface area contributed by atoms with Gasteiger partial charge in [-0.3, -0.25) is 4.79 Å². The number of ether oxygens (including phenoxy) is 2. The highest BCUT2D eigenvalue weighted by Crippen LogP contribution is 2.25. The summed E-state index contributed by atoms with van der Waals surface area (Å²) >= 11 is 0. The summed E-state index contributed by atoms with van der Waals surface area (Å²) in [5, 5.41) is 0. The number of aromatic nitrogens is 2. The molecule has 0 unspecified atom stereocenters. The Bertz CT molecular complexity index is 1930. The van der Waals surface area contributed by atoms with Crippen LogP contribution in [-0.2, 0) is 55.9 Å². The Morgan fingerprint density at radius 3 is 1.96 bits per heavy atom. The molecule has 49 heavy (non-hydrogen) atoms. The Hall–Kier alpha value is -5.00. The maximum atomic E-state index is 14.1. The van der Waals surface area contributed by atoms with Crippen molar-refractivity contribution in [2.45, 2.75) is 59.3 Å². The smallest absolute Gasteiger partial charge is 0.337 e. The molecule has 0 saturated heterocycles. The van der Waals surface area contributed by atoms with Crippen molar-refractivity contribution in [2.24, 2.45) is 7.05 Å². The van der Waals surface area contributed by atoms with Gasteiger partial charge in [0.2, 0.25) is 15.9 Å². The van der Waals surface area contributed by atoms with Gasteiger partial charge in [0, 0.05) is 38.3 Å². The van der Waals surface area contributed by atoms with Gasteiger partial charge in [-0.25, -0.2) is 18.2 Å². The molecule has 0 aliphatic rings. The molecule has 11 heteroatoms. The van der Waals surface area contributed by atoms with E-state index in [1.807, 2.05) is 86.8 Å². The molecule has 1 heterocycles. The quantitative estimate of drug-likeness (QED) is 0.0680. The highest BCUT2D eigenvalue weighted by Gasteiger charge is 2.29. The van der Waals surface area contributed by atoms with Crippen molar-refractivity contribution in [1.29, 1.82) is 0 Å². The molecule has 10 nitrogen and oxygen atoms in total. The lowest BCUT2D eigenvalue weighted by Crippen LogP contribution is -2.40. The van der Waals surface area contributed by atoms with E-state index in [0.717, 1.165) is 21.0 Å². The second-order valence-corrected chi connectivity index (χ2v) is 14.0. The predicted molar refractivity (Wildman–Crippen MR) is 188 cm³/mol. The van der Waals surface area contributed by atoms with Crippen LogP contribution in [0.15, 0.2) is 113 Å². The van der Waals surface area contributed by atoms with Crippen molar-refractivity contribution in [3.63, 3.8) is 0 Å². The second-order valence-electron chi connectivity index (χ2n) is 12.0. The number of carbonyl (C=O) groups excluding carboxylic acids is 2. The number of benzene rings is 3. The number of aryl methyl sites for hydroxylation is 4. The third-order valence-electron chi connectivity index (χ3n) is 8.04. The van der Waals surface area contributed by atoms with E-state index in [2.05, 4.69) is 4.98 Å². The Kier molecular flexibility index (Phi) is 12.3. The lowest BCUT2D eigenvalue weighted by Gasteiger charge is -2.27. The van der Waals surface area contributed by atoms with Gasteiger partial charge >= 0.3 is 5.97 Å². The second kappa shape index (κ2) is 16.4. The number of hydrogen-bond acceptors (Lipinski definition) is 7. The van der Waals surface area contributed by atoms with E-state index < -0.39 is 28.4 Å². The average molecular weight is 685 g/mol. The SMILES string of the molecule is C/C(C(=O)OCc1ccccc1)=C(\C=C(/C)N(Cc1nccn1C)C(=O)CN(C)S(=O)(=O)c1c(C)cc(C)cc1C)OCc1ccccc1. The van der Waals surface area contributed by atoms with E-state index in [1.54, 1.807) is 50.7 Å². The van der Waals surface area contributed by atoms with Gasteiger partial charge < -0.3 is 18.9 Å². The van der Waals surface area contributed by atoms with Crippen LogP contribution in [0.3, 0.4) is 0 Å². The zero-order valence-electron chi connectivity index (χ0n) is 29.1. The zero-order chi connectivity index (χ0) is 35.7. The van der Waals surface area contributed by atoms with E-state index in [9.17, 15) is 18.0 Å². The number of imidazole rings is 1. The summed E-state index contributed by atoms with van der Waals surface area (Å²) in [6.07, 6.45) is 4.99. The number of esters is 1. The molecule has 258 valence electrons. The molecule has 0 saturated carbocycles. The Balaban J connectivity index is 1.68. The van der Waals surface area contributed by atoms with Gasteiger partial charge in [-0.15, -0.1) is 0 Å². The molecule has 1 aromatic heterocycles. The maximum absolute atomic E-state index is 14.1. The number of rotatable bonds is 14. The Labute approximate surface area is 289 Å². The normalized spacial score (nSPS) is 12.4. The number of likely N-dealkylation sites (N-methyl/N-ethyl adjacent to an activating group) is 1. The van der Waals surface area contributed by atoms with Gasteiger partial charge in [0.25, 0.3) is 0 Å². The maximum Gasteiger partial charge on any atom is 0.337 e. The molecule has 0 aliphatic heterocycles. The van der Waals surface area contributed by atoms with Crippen molar-refractivity contribution < 1.29 is 27.5 Å². The summed E-state index contributed by atoms with van der Waals surface area (Å²) in [4.78, 5) is 33.3. The summed E-state index contributed by atoms with van der Waals surface area (Å²) in [6, 6.07) is 22.5. The summed E-state index contributed by atoms with van der Waals surface area (Å²) in [6.45, 7) is 8.57. The van der Waals surface area contributed by atoms with Crippen LogP contribution in [0, 0.1) is 20.8 Å². The van der Waals surface area contributed by atoms with Gasteiger partial charge in [0.05, 0.1) is 23.6 Å². The van der Waals surface area contributed by atoms with Crippen molar-refractivity contribution >= 4 is 21.9 Å². The van der Waals surface area contributed by atoms with Gasteiger partial charge in [-0.2, -0.15) is 4.31 Å². The molecule has 0 fully saturated rings. The molecule has 0 spiro atoms. The van der Waals surface area contributed by atoms with Crippen molar-refractivity contribution in [3.8, 4) is 0 Å². The van der Waals surface area contributed by atoms with Crippen LogP contribution >= 0.6 is 0 Å². The minimum absolute atomic E-state index is 0.0462. The summed E-state index contributed by atoms with van der Waals surface area (Å²) < 4.78 is 42.1. The first-order valence-electron chi connectivity index (χ1n) is 15.9. The highest BCUT2D eigenvalue weighted by molar-refractivity contribution is 7.89. The summed E-state index contributed by atoms with van der Waals surface area (Å²) in [5.41, 5.74) is 4.51. The molecule has 1 amide bonds. The van der Waals surface area contributed by atoms with Gasteiger partial charge in [-0.05, 0) is 56.9 Å². The monoisotopic (exact) mass is 684 g/mol. The Morgan fingerprint density at radius 1 is 0.878 bits per heavy atom. The lowest BCUT2D eigenvalue weighted by molar-refractivity contribution is -0.140. The van der Waals surface area contributed by atoms with Crippen LogP contribution < -0.4 is 0 Å². The highest BCUT2D eigenvalue weighted by atomic mass is 32.2. The first kappa shape index (κ1) is 36.8. The molecule has 4 aromatic rings. The molecule has 0 radical (unpaired) electrons. The van der Waals surface area contributed by atoms with E-state index in [0.29, 0.717) is 22.6 Å². The van der Waals surface area contributed by atoms with Crippen molar-refractivity contribution in [2.75, 3.05) is 13.6 Å². The minimum Gasteiger partial charge on any atom is -0.488 e. The molecule has 0 N–H and O–H groups in total. The third kappa shape index (κ3) is 9.55. The predicted octanol–water partition coefficient (Wildman–Crippen LogP) is 6.13. The van der Waals surface area contributed by atoms with E-state index in [-0.39, 0.29) is 36.0 Å². The van der Waals surface area contributed by atoms with Crippen LogP contribution in [0.2, 0.25) is 0 Å². The number of nitrogens with zero attached hydrogens (tertiary/aromatic N) is 4. The number of amides is 1. The first-order valence-corrected chi connectivity index (χ1v) is 17.3. The summed E-state index contributed by atoms with van der Waals surface area (Å²) in [5.74, 6) is -0.278. The fourth-order valence-electron chi connectivity index (χ4n) is 5.38. The average Bonchev–Trinajstić information content (AvgIpc) is 3.47. The van der Waals surface area contributed by atoms with Gasteiger partial charge in [-0.1, -0.05) is 78.4 Å². The standard InChI is InChI=1S/C38H44N4O6S/c1-27-20-28(2)37(29(3)21-27)49(45,46)41(7)24-36(43)42(23-35-39-18-19-40(35)6)30(4)22-34(47-25-32-14-10-8-11-15-32)31(5)38(44)48-26-33-16-12-9-13-17-33/h8-22H,23-26H2,1-7H3/b30-22+,34-31-. The minimum atomic E-state index is -4.01. The molecule has 0 atom stereocenters. The topological polar surface area (TPSA) is 111 Å². The molecule has 0 bridgehead atoms. The van der Waals surface area contributed by atoms with Crippen molar-refractivity contribution in [1.82, 2.24) is 18.8 Å². The number of allylic oxidation sites excluding steroid dienone is 2. The fraction of sp³-hybridized carbons (Fsp3) is 0.289. The number of carbonyl (C=O) groups is 2. The largest absolute Gasteiger partial charge is 0.488 e. The van der Waals surface area contributed by atoms with Crippen LogP contribution in [0.1, 0.15) is 47.5 Å². The molecule has 3 aromatic carbocycles. The molecular formula is C38H44N4O6S. The molecular weight excluding hydrogens is 641 g/mol. The lowest BCUT2D eigenvalue weighted by atomic mass is 10.1. The summed E-state index contributed by atoms with van der Waals surface area (Å²) in [7, 11) is -0.803. The Morgan fingerprint density at radius 2 is 1.43 bits per heavy atom. The van der Waals surface area contributed by atoms with Gasteiger partial charge in [0.15, 0.2) is 0 Å². The number of sulfonamides is 1. The van der Waals surface area contributed by atoms with Crippen LogP contribution in [0.4, 0.5) is 0 Å². The van der Waals surface area contributed by atoms with Crippen LogP contribution in [0.5, 0.6) is 0 Å².